The normalized spacial score (nSPS) is 12.2. The molecule has 0 bridgehead atoms. The minimum absolute atomic E-state index is 0.0459. The summed E-state index contributed by atoms with van der Waals surface area (Å²) in [7, 11) is 0. The Hall–Kier alpha value is -3.62. The van der Waals surface area contributed by atoms with E-state index in [2.05, 4.69) is 10.5 Å². The number of carbonyl (C=O) groups is 1. The van der Waals surface area contributed by atoms with Crippen LogP contribution in [0.2, 0.25) is 0 Å². The van der Waals surface area contributed by atoms with Crippen molar-refractivity contribution < 1.29 is 24.0 Å². The molecule has 1 N–H and O–H groups in total. The summed E-state index contributed by atoms with van der Waals surface area (Å²) in [5.74, 6) is 0.979. The molecule has 2 aromatic rings. The number of hydrogen-bond acceptors (Lipinski definition) is 7. The number of ether oxygens (including phenoxy) is 2. The van der Waals surface area contributed by atoms with E-state index in [4.69, 9.17) is 14.3 Å². The first-order valence-electron chi connectivity index (χ1n) is 7.67. The van der Waals surface area contributed by atoms with Crippen LogP contribution in [0.1, 0.15) is 11.1 Å². The summed E-state index contributed by atoms with van der Waals surface area (Å²) in [4.78, 5) is 26.8. The number of fused-ring (bicyclic) bond motifs is 1. The van der Waals surface area contributed by atoms with E-state index < -0.39 is 4.92 Å². The highest BCUT2D eigenvalue weighted by Gasteiger charge is 2.13. The molecule has 1 heterocycles. The molecule has 9 nitrogen and oxygen atoms in total. The highest BCUT2D eigenvalue weighted by molar-refractivity contribution is 5.80. The molecule has 0 atom stereocenters. The molecule has 0 unspecified atom stereocenters. The van der Waals surface area contributed by atoms with Crippen LogP contribution in [0.4, 0.5) is 5.69 Å². The fourth-order valence-corrected chi connectivity index (χ4v) is 2.22. The molecule has 0 aromatic heterocycles. The smallest absolute Gasteiger partial charge is 0.270 e. The molecule has 1 aliphatic rings. The summed E-state index contributed by atoms with van der Waals surface area (Å²) >= 11 is 0. The lowest BCUT2D eigenvalue weighted by Crippen LogP contribution is -2.26. The zero-order chi connectivity index (χ0) is 18.4. The summed E-state index contributed by atoms with van der Waals surface area (Å²) in [6.45, 7) is 0.241. The van der Waals surface area contributed by atoms with Crippen LogP contribution in [0, 0.1) is 10.1 Å². The van der Waals surface area contributed by atoms with E-state index in [1.54, 1.807) is 18.2 Å². The molecular formula is C17H15N3O6. The van der Waals surface area contributed by atoms with Gasteiger partial charge in [0.05, 0.1) is 11.1 Å². The van der Waals surface area contributed by atoms with Crippen molar-refractivity contribution >= 4 is 17.8 Å². The first-order valence-corrected chi connectivity index (χ1v) is 7.67. The standard InChI is InChI=1S/C17H15N3O6/c21-17(18-8-13-4-5-15-16(7-13)25-11-24-15)10-26-19-9-12-2-1-3-14(6-12)20(22)23/h1-7,9H,8,10-11H2,(H,18,21)/b19-9-. The molecule has 0 aliphatic carbocycles. The second-order valence-electron chi connectivity index (χ2n) is 5.32. The molecule has 26 heavy (non-hydrogen) atoms. The van der Waals surface area contributed by atoms with Crippen LogP contribution in [0.5, 0.6) is 11.5 Å². The zero-order valence-electron chi connectivity index (χ0n) is 13.6. The number of oxime groups is 1. The minimum Gasteiger partial charge on any atom is -0.454 e. The summed E-state index contributed by atoms with van der Waals surface area (Å²) < 4.78 is 10.5. The zero-order valence-corrected chi connectivity index (χ0v) is 13.6. The van der Waals surface area contributed by atoms with Gasteiger partial charge in [-0.2, -0.15) is 0 Å². The third-order valence-corrected chi connectivity index (χ3v) is 3.48. The first kappa shape index (κ1) is 17.2. The van der Waals surface area contributed by atoms with E-state index in [9.17, 15) is 14.9 Å². The number of benzene rings is 2. The summed E-state index contributed by atoms with van der Waals surface area (Å²) in [6, 6.07) is 11.3. The van der Waals surface area contributed by atoms with Gasteiger partial charge in [-0.15, -0.1) is 0 Å². The average molecular weight is 357 g/mol. The lowest BCUT2D eigenvalue weighted by atomic mass is 10.2. The monoisotopic (exact) mass is 357 g/mol. The van der Waals surface area contributed by atoms with Crippen LogP contribution < -0.4 is 14.8 Å². The maximum atomic E-state index is 11.7. The van der Waals surface area contributed by atoms with Crippen LogP contribution in [-0.2, 0) is 16.2 Å². The van der Waals surface area contributed by atoms with Crippen molar-refractivity contribution in [2.45, 2.75) is 6.54 Å². The van der Waals surface area contributed by atoms with Crippen molar-refractivity contribution in [3.63, 3.8) is 0 Å². The fourth-order valence-electron chi connectivity index (χ4n) is 2.22. The lowest BCUT2D eigenvalue weighted by molar-refractivity contribution is -0.384. The number of nitro benzene ring substituents is 1. The molecule has 0 saturated carbocycles. The Bertz CT molecular complexity index is 852. The summed E-state index contributed by atoms with van der Waals surface area (Å²) in [6.07, 6.45) is 1.30. The van der Waals surface area contributed by atoms with Gasteiger partial charge < -0.3 is 19.6 Å². The maximum absolute atomic E-state index is 11.7. The maximum Gasteiger partial charge on any atom is 0.270 e. The number of non-ortho nitro benzene ring substituents is 1. The molecule has 3 rings (SSSR count). The van der Waals surface area contributed by atoms with Crippen molar-refractivity contribution in [1.82, 2.24) is 5.32 Å². The van der Waals surface area contributed by atoms with Crippen LogP contribution in [0.25, 0.3) is 0 Å². The van der Waals surface area contributed by atoms with Gasteiger partial charge in [0, 0.05) is 24.2 Å². The molecular weight excluding hydrogens is 342 g/mol. The van der Waals surface area contributed by atoms with Crippen molar-refractivity contribution in [3.05, 3.63) is 63.7 Å². The van der Waals surface area contributed by atoms with Gasteiger partial charge in [0.1, 0.15) is 0 Å². The van der Waals surface area contributed by atoms with Gasteiger partial charge in [-0.1, -0.05) is 23.4 Å². The Labute approximate surface area is 148 Å². The summed E-state index contributed by atoms with van der Waals surface area (Å²) in [5.41, 5.74) is 1.32. The molecule has 9 heteroatoms. The van der Waals surface area contributed by atoms with Crippen LogP contribution in [-0.4, -0.2) is 30.4 Å². The number of nitro groups is 1. The molecule has 134 valence electrons. The first-order chi connectivity index (χ1) is 12.6. The van der Waals surface area contributed by atoms with Gasteiger partial charge in [-0.25, -0.2) is 0 Å². The molecule has 0 fully saturated rings. The van der Waals surface area contributed by atoms with Crippen molar-refractivity contribution in [2.75, 3.05) is 13.4 Å². The van der Waals surface area contributed by atoms with Crippen molar-refractivity contribution in [1.29, 1.82) is 0 Å². The number of nitrogens with zero attached hydrogens (tertiary/aromatic N) is 2. The van der Waals surface area contributed by atoms with E-state index in [0.717, 1.165) is 5.56 Å². The van der Waals surface area contributed by atoms with Crippen molar-refractivity contribution in [3.8, 4) is 11.5 Å². The fraction of sp³-hybridized carbons (Fsp3) is 0.176. The molecule has 1 aliphatic heterocycles. The summed E-state index contributed by atoms with van der Waals surface area (Å²) in [5, 5.41) is 17.0. The predicted molar refractivity (Wildman–Crippen MR) is 91.1 cm³/mol. The van der Waals surface area contributed by atoms with E-state index in [1.165, 1.54) is 24.4 Å². The Kier molecular flexibility index (Phi) is 5.28. The Morgan fingerprint density at radius 2 is 2.12 bits per heavy atom. The predicted octanol–water partition coefficient (Wildman–Crippen LogP) is 1.99. The van der Waals surface area contributed by atoms with Crippen LogP contribution in [0.3, 0.4) is 0 Å². The topological polar surface area (TPSA) is 112 Å². The number of amides is 1. The van der Waals surface area contributed by atoms with Gasteiger partial charge in [-0.05, 0) is 17.7 Å². The number of carbonyl (C=O) groups excluding carboxylic acids is 1. The Balaban J connectivity index is 1.43. The largest absolute Gasteiger partial charge is 0.454 e. The Morgan fingerprint density at radius 3 is 2.96 bits per heavy atom. The van der Waals surface area contributed by atoms with Gasteiger partial charge in [0.15, 0.2) is 18.1 Å². The molecule has 0 saturated heterocycles. The van der Waals surface area contributed by atoms with Crippen molar-refractivity contribution in [2.24, 2.45) is 5.16 Å². The molecule has 2 aromatic carbocycles. The van der Waals surface area contributed by atoms with E-state index in [-0.39, 0.29) is 25.0 Å². The third kappa shape index (κ3) is 4.47. The third-order valence-electron chi connectivity index (χ3n) is 3.48. The molecule has 1 amide bonds. The van der Waals surface area contributed by atoms with Gasteiger partial charge in [-0.3, -0.25) is 14.9 Å². The van der Waals surface area contributed by atoms with Crippen LogP contribution in [0.15, 0.2) is 47.6 Å². The molecule has 0 spiro atoms. The van der Waals surface area contributed by atoms with Crippen LogP contribution >= 0.6 is 0 Å². The average Bonchev–Trinajstić information content (AvgIpc) is 3.11. The lowest BCUT2D eigenvalue weighted by Gasteiger charge is -2.05. The SMILES string of the molecule is O=C(CO/N=C\c1cccc([N+](=O)[O-])c1)NCc1ccc2c(c1)OCO2. The minimum atomic E-state index is -0.498. The highest BCUT2D eigenvalue weighted by Crippen LogP contribution is 2.32. The van der Waals surface area contributed by atoms with Gasteiger partial charge in [0.2, 0.25) is 6.79 Å². The number of nitrogens with one attached hydrogen (secondary N) is 1. The number of rotatable bonds is 7. The van der Waals surface area contributed by atoms with Gasteiger partial charge >= 0.3 is 0 Å². The van der Waals surface area contributed by atoms with Gasteiger partial charge in [0.25, 0.3) is 11.6 Å². The van der Waals surface area contributed by atoms with E-state index in [1.807, 2.05) is 6.07 Å². The number of hydrogen-bond donors (Lipinski definition) is 1. The second kappa shape index (κ2) is 7.97. The highest BCUT2D eigenvalue weighted by atomic mass is 16.7. The van der Waals surface area contributed by atoms with E-state index in [0.29, 0.717) is 23.6 Å². The molecule has 0 radical (unpaired) electrons. The quantitative estimate of drug-likeness (QED) is 0.461. The Morgan fingerprint density at radius 1 is 1.27 bits per heavy atom. The van der Waals surface area contributed by atoms with E-state index >= 15 is 0 Å². The second-order valence-corrected chi connectivity index (χ2v) is 5.32.